The summed E-state index contributed by atoms with van der Waals surface area (Å²) in [6.45, 7) is 0. The second-order valence-corrected chi connectivity index (χ2v) is 5.77. The van der Waals surface area contributed by atoms with E-state index in [2.05, 4.69) is 18.3 Å². The molecule has 3 rings (SSSR count). The fourth-order valence-electron chi connectivity index (χ4n) is 1.85. The lowest BCUT2D eigenvalue weighted by atomic mass is 10.2. The Morgan fingerprint density at radius 1 is 0.783 bits per heavy atom. The van der Waals surface area contributed by atoms with Crippen LogP contribution in [0.3, 0.4) is 0 Å². The van der Waals surface area contributed by atoms with E-state index in [1.54, 1.807) is 7.11 Å². The number of hydrogen-bond acceptors (Lipinski definition) is 7. The molecule has 3 aromatic rings. The standard InChI is InChI=1S/C13H10N2O.C2H6O4S/c1-16-12-8-4-7-11-13(12)15-10-6-3-2-5-9(10)14-11;1-5-7(3,4)6-2/h2-8H,1H3;1-2H3. The second kappa shape index (κ2) is 7.32. The van der Waals surface area contributed by atoms with E-state index in [1.807, 2.05) is 42.5 Å². The van der Waals surface area contributed by atoms with Crippen molar-refractivity contribution in [3.05, 3.63) is 42.5 Å². The van der Waals surface area contributed by atoms with E-state index in [1.165, 1.54) is 0 Å². The van der Waals surface area contributed by atoms with Crippen LogP contribution >= 0.6 is 0 Å². The van der Waals surface area contributed by atoms with Crippen LogP contribution in [0.5, 0.6) is 5.75 Å². The van der Waals surface area contributed by atoms with Gasteiger partial charge in [0, 0.05) is 0 Å². The van der Waals surface area contributed by atoms with Gasteiger partial charge < -0.3 is 4.74 Å². The van der Waals surface area contributed by atoms with Gasteiger partial charge in [0.1, 0.15) is 11.3 Å². The Morgan fingerprint density at radius 3 is 1.87 bits per heavy atom. The first kappa shape index (κ1) is 17.1. The van der Waals surface area contributed by atoms with Crippen LogP contribution in [-0.2, 0) is 18.8 Å². The van der Waals surface area contributed by atoms with Gasteiger partial charge in [-0.1, -0.05) is 18.2 Å². The highest BCUT2D eigenvalue weighted by Gasteiger charge is 2.05. The summed E-state index contributed by atoms with van der Waals surface area (Å²) < 4.78 is 32.8. The molecule has 0 N–H and O–H groups in total. The van der Waals surface area contributed by atoms with Gasteiger partial charge in [0.05, 0.1) is 37.9 Å². The summed E-state index contributed by atoms with van der Waals surface area (Å²) in [5.41, 5.74) is 3.46. The van der Waals surface area contributed by atoms with Gasteiger partial charge in [-0.05, 0) is 24.3 Å². The minimum Gasteiger partial charge on any atom is -0.494 e. The summed E-state index contributed by atoms with van der Waals surface area (Å²) in [4.78, 5) is 9.10. The fourth-order valence-corrected chi connectivity index (χ4v) is 1.99. The highest BCUT2D eigenvalue weighted by atomic mass is 32.3. The zero-order valence-corrected chi connectivity index (χ0v) is 13.7. The van der Waals surface area contributed by atoms with E-state index < -0.39 is 10.4 Å². The SMILES string of the molecule is COS(=O)(=O)OC.COc1cccc2nc3ccccc3nc12. The molecule has 23 heavy (non-hydrogen) atoms. The number of methoxy groups -OCH3 is 1. The molecule has 0 aliphatic carbocycles. The lowest BCUT2D eigenvalue weighted by Gasteiger charge is -2.04. The summed E-state index contributed by atoms with van der Waals surface area (Å²) in [5, 5.41) is 0. The molecule has 0 bridgehead atoms. The van der Waals surface area contributed by atoms with Crippen LogP contribution in [0.1, 0.15) is 0 Å². The number of nitrogens with zero attached hydrogens (tertiary/aromatic N) is 2. The highest BCUT2D eigenvalue weighted by Crippen LogP contribution is 2.24. The van der Waals surface area contributed by atoms with E-state index in [-0.39, 0.29) is 0 Å². The molecule has 0 atom stereocenters. The number of para-hydroxylation sites is 3. The van der Waals surface area contributed by atoms with Crippen molar-refractivity contribution in [1.29, 1.82) is 0 Å². The normalized spacial score (nSPS) is 11.1. The first-order chi connectivity index (χ1) is 11.0. The van der Waals surface area contributed by atoms with Crippen molar-refractivity contribution in [3.8, 4) is 5.75 Å². The number of aromatic nitrogens is 2. The predicted octanol–water partition coefficient (Wildman–Crippen LogP) is 2.32. The fraction of sp³-hybridized carbons (Fsp3) is 0.200. The van der Waals surface area contributed by atoms with Crippen molar-refractivity contribution in [1.82, 2.24) is 9.97 Å². The minimum absolute atomic E-state index is 0.760. The molecule has 7 nitrogen and oxygen atoms in total. The van der Waals surface area contributed by atoms with Gasteiger partial charge in [0.25, 0.3) is 0 Å². The zero-order chi connectivity index (χ0) is 16.9. The molecule has 2 aromatic carbocycles. The topological polar surface area (TPSA) is 87.6 Å². The van der Waals surface area contributed by atoms with Crippen molar-refractivity contribution in [3.63, 3.8) is 0 Å². The van der Waals surface area contributed by atoms with E-state index in [4.69, 9.17) is 4.74 Å². The van der Waals surface area contributed by atoms with Gasteiger partial charge in [-0.2, -0.15) is 8.42 Å². The maximum absolute atomic E-state index is 9.92. The van der Waals surface area contributed by atoms with Gasteiger partial charge in [0.15, 0.2) is 0 Å². The van der Waals surface area contributed by atoms with Crippen LogP contribution in [0.4, 0.5) is 0 Å². The molecule has 0 saturated carbocycles. The molecule has 0 radical (unpaired) electrons. The molecule has 0 unspecified atom stereocenters. The third-order valence-electron chi connectivity index (χ3n) is 2.96. The van der Waals surface area contributed by atoms with Crippen LogP contribution in [0.25, 0.3) is 22.1 Å². The van der Waals surface area contributed by atoms with Crippen molar-refractivity contribution in [2.45, 2.75) is 0 Å². The molecule has 0 aliphatic rings. The van der Waals surface area contributed by atoms with E-state index in [0.717, 1.165) is 42.0 Å². The van der Waals surface area contributed by atoms with Gasteiger partial charge in [-0.15, -0.1) is 0 Å². The van der Waals surface area contributed by atoms with Crippen LogP contribution < -0.4 is 4.74 Å². The monoisotopic (exact) mass is 336 g/mol. The average Bonchev–Trinajstić information content (AvgIpc) is 2.60. The smallest absolute Gasteiger partial charge is 0.399 e. The first-order valence-electron chi connectivity index (χ1n) is 6.56. The second-order valence-electron chi connectivity index (χ2n) is 4.28. The third kappa shape index (κ3) is 4.13. The van der Waals surface area contributed by atoms with Crippen LogP contribution in [0, 0.1) is 0 Å². The summed E-state index contributed by atoms with van der Waals surface area (Å²) >= 11 is 0. The van der Waals surface area contributed by atoms with Gasteiger partial charge in [-0.25, -0.2) is 9.97 Å². The maximum atomic E-state index is 9.92. The summed E-state index contributed by atoms with van der Waals surface area (Å²) in [5.74, 6) is 0.760. The molecule has 8 heteroatoms. The van der Waals surface area contributed by atoms with E-state index in [0.29, 0.717) is 0 Å². The number of benzene rings is 2. The van der Waals surface area contributed by atoms with Gasteiger partial charge in [0.2, 0.25) is 0 Å². The molecule has 1 heterocycles. The first-order valence-corrected chi connectivity index (χ1v) is 7.89. The lowest BCUT2D eigenvalue weighted by Crippen LogP contribution is -2.02. The molecular weight excluding hydrogens is 320 g/mol. The highest BCUT2D eigenvalue weighted by molar-refractivity contribution is 7.81. The Balaban J connectivity index is 0.000000236. The average molecular weight is 336 g/mol. The molecule has 0 saturated heterocycles. The largest absolute Gasteiger partial charge is 0.494 e. The minimum atomic E-state index is -3.66. The summed E-state index contributed by atoms with van der Waals surface area (Å²) in [6, 6.07) is 13.6. The predicted molar refractivity (Wildman–Crippen MR) is 86.5 cm³/mol. The Bertz CT molecular complexity index is 902. The molecular formula is C15H16N2O5S. The van der Waals surface area contributed by atoms with Crippen LogP contribution in [-0.4, -0.2) is 39.7 Å². The third-order valence-corrected chi connectivity index (χ3v) is 3.78. The molecule has 0 aliphatic heterocycles. The van der Waals surface area contributed by atoms with Crippen LogP contribution in [0.2, 0.25) is 0 Å². The Labute approximate surface area is 134 Å². The Hall–Kier alpha value is -2.29. The van der Waals surface area contributed by atoms with Crippen molar-refractivity contribution in [2.75, 3.05) is 21.3 Å². The molecule has 122 valence electrons. The number of hydrogen-bond donors (Lipinski definition) is 0. The summed E-state index contributed by atoms with van der Waals surface area (Å²) in [7, 11) is 0.0403. The van der Waals surface area contributed by atoms with Gasteiger partial charge >= 0.3 is 10.4 Å². The van der Waals surface area contributed by atoms with Crippen molar-refractivity contribution < 1.29 is 21.5 Å². The number of ether oxygens (including phenoxy) is 1. The van der Waals surface area contributed by atoms with Crippen molar-refractivity contribution in [2.24, 2.45) is 0 Å². The van der Waals surface area contributed by atoms with E-state index in [9.17, 15) is 8.42 Å². The number of rotatable bonds is 3. The van der Waals surface area contributed by atoms with E-state index >= 15 is 0 Å². The quantitative estimate of drug-likeness (QED) is 0.678. The molecule has 1 aromatic heterocycles. The summed E-state index contributed by atoms with van der Waals surface area (Å²) in [6.07, 6.45) is 0. The number of fused-ring (bicyclic) bond motifs is 2. The van der Waals surface area contributed by atoms with Crippen LogP contribution in [0.15, 0.2) is 42.5 Å². The molecule has 0 amide bonds. The lowest BCUT2D eigenvalue weighted by molar-refractivity contribution is 0.286. The maximum Gasteiger partial charge on any atom is 0.399 e. The zero-order valence-electron chi connectivity index (χ0n) is 12.9. The molecule has 0 fully saturated rings. The Kier molecular flexibility index (Phi) is 5.43. The van der Waals surface area contributed by atoms with Crippen molar-refractivity contribution >= 4 is 32.5 Å². The molecule has 0 spiro atoms. The van der Waals surface area contributed by atoms with Gasteiger partial charge in [-0.3, -0.25) is 8.37 Å². The Morgan fingerprint density at radius 2 is 1.35 bits per heavy atom.